The molecule has 4 heteroatoms. The van der Waals surface area contributed by atoms with Crippen LogP contribution >= 0.6 is 11.3 Å². The molecule has 1 N–H and O–H groups in total. The average molecular weight is 254 g/mol. The molecular weight excluding hydrogens is 232 g/mol. The van der Waals surface area contributed by atoms with Crippen molar-refractivity contribution in [1.29, 1.82) is 0 Å². The quantitative estimate of drug-likeness (QED) is 0.753. The van der Waals surface area contributed by atoms with Gasteiger partial charge in [-0.3, -0.25) is 4.90 Å². The van der Waals surface area contributed by atoms with E-state index in [0.717, 1.165) is 39.4 Å². The Kier molecular flexibility index (Phi) is 5.99. The van der Waals surface area contributed by atoms with Crippen LogP contribution in [0.1, 0.15) is 17.7 Å². The Balaban J connectivity index is 1.43. The van der Waals surface area contributed by atoms with Crippen LogP contribution in [0.25, 0.3) is 0 Å². The molecule has 0 atom stereocenters. The fourth-order valence-corrected chi connectivity index (χ4v) is 2.71. The number of nitrogens with zero attached hydrogens (tertiary/aromatic N) is 1. The fourth-order valence-electron chi connectivity index (χ4n) is 2.03. The summed E-state index contributed by atoms with van der Waals surface area (Å²) in [5, 5.41) is 5.63. The number of unbranched alkanes of at least 4 members (excludes halogenated alkanes) is 1. The number of ether oxygens (including phenoxy) is 1. The molecule has 2 heterocycles. The topological polar surface area (TPSA) is 24.5 Å². The van der Waals surface area contributed by atoms with E-state index in [1.165, 1.54) is 24.3 Å². The van der Waals surface area contributed by atoms with Crippen molar-refractivity contribution in [3.63, 3.8) is 0 Å². The summed E-state index contributed by atoms with van der Waals surface area (Å²) >= 11 is 1.82. The molecule has 96 valence electrons. The van der Waals surface area contributed by atoms with Gasteiger partial charge in [-0.05, 0) is 37.4 Å². The van der Waals surface area contributed by atoms with Crippen LogP contribution in [0.15, 0.2) is 17.5 Å². The number of hydrogen-bond donors (Lipinski definition) is 1. The average Bonchev–Trinajstić information content (AvgIpc) is 2.88. The second-order valence-electron chi connectivity index (χ2n) is 4.42. The van der Waals surface area contributed by atoms with Crippen LogP contribution in [0.2, 0.25) is 0 Å². The van der Waals surface area contributed by atoms with Crippen molar-refractivity contribution in [3.05, 3.63) is 22.4 Å². The lowest BCUT2D eigenvalue weighted by Gasteiger charge is -2.26. The van der Waals surface area contributed by atoms with Crippen molar-refractivity contribution in [3.8, 4) is 0 Å². The molecule has 0 spiro atoms. The monoisotopic (exact) mass is 254 g/mol. The van der Waals surface area contributed by atoms with Gasteiger partial charge in [-0.1, -0.05) is 6.07 Å². The van der Waals surface area contributed by atoms with Gasteiger partial charge in [0.1, 0.15) is 0 Å². The molecule has 0 saturated carbocycles. The highest BCUT2D eigenvalue weighted by molar-refractivity contribution is 7.09. The molecule has 1 saturated heterocycles. The SMILES string of the molecule is c1csc(CNCCCCN2CCOCC2)c1. The first kappa shape index (κ1) is 13.0. The van der Waals surface area contributed by atoms with E-state index in [2.05, 4.69) is 27.7 Å². The van der Waals surface area contributed by atoms with Gasteiger partial charge < -0.3 is 10.1 Å². The standard InChI is InChI=1S/C13H22N2OS/c1(2-6-15-7-9-16-10-8-15)5-14-12-13-4-3-11-17-13/h3-4,11,14H,1-2,5-10,12H2. The molecule has 0 unspecified atom stereocenters. The van der Waals surface area contributed by atoms with Crippen LogP contribution < -0.4 is 5.32 Å². The van der Waals surface area contributed by atoms with Gasteiger partial charge in [-0.15, -0.1) is 11.3 Å². The highest BCUT2D eigenvalue weighted by atomic mass is 32.1. The van der Waals surface area contributed by atoms with Crippen molar-refractivity contribution in [2.45, 2.75) is 19.4 Å². The van der Waals surface area contributed by atoms with Crippen molar-refractivity contribution >= 4 is 11.3 Å². The normalized spacial score (nSPS) is 17.4. The molecule has 1 aliphatic heterocycles. The lowest BCUT2D eigenvalue weighted by molar-refractivity contribution is 0.0372. The van der Waals surface area contributed by atoms with Crippen LogP contribution in [0.5, 0.6) is 0 Å². The van der Waals surface area contributed by atoms with Crippen molar-refractivity contribution < 1.29 is 4.74 Å². The Hall–Kier alpha value is -0.420. The summed E-state index contributed by atoms with van der Waals surface area (Å²) in [7, 11) is 0. The predicted molar refractivity (Wildman–Crippen MR) is 72.5 cm³/mol. The highest BCUT2D eigenvalue weighted by Gasteiger charge is 2.08. The predicted octanol–water partition coefficient (Wildman–Crippen LogP) is 1.95. The van der Waals surface area contributed by atoms with Crippen LogP contribution in [0, 0.1) is 0 Å². The van der Waals surface area contributed by atoms with Crippen LogP contribution in [0.4, 0.5) is 0 Å². The van der Waals surface area contributed by atoms with E-state index in [1.807, 2.05) is 11.3 Å². The smallest absolute Gasteiger partial charge is 0.0594 e. The van der Waals surface area contributed by atoms with E-state index < -0.39 is 0 Å². The first-order chi connectivity index (χ1) is 8.45. The minimum Gasteiger partial charge on any atom is -0.379 e. The molecule has 2 rings (SSSR count). The van der Waals surface area contributed by atoms with E-state index in [-0.39, 0.29) is 0 Å². The highest BCUT2D eigenvalue weighted by Crippen LogP contribution is 2.07. The van der Waals surface area contributed by atoms with Gasteiger partial charge in [0.15, 0.2) is 0 Å². The summed E-state index contributed by atoms with van der Waals surface area (Å²) in [6.07, 6.45) is 2.56. The van der Waals surface area contributed by atoms with Gasteiger partial charge >= 0.3 is 0 Å². The number of thiophene rings is 1. The minimum atomic E-state index is 0.913. The second-order valence-corrected chi connectivity index (χ2v) is 5.45. The van der Waals surface area contributed by atoms with Crippen LogP contribution in [0.3, 0.4) is 0 Å². The number of morpholine rings is 1. The Morgan fingerprint density at radius 2 is 2.18 bits per heavy atom. The van der Waals surface area contributed by atoms with Crippen LogP contribution in [-0.2, 0) is 11.3 Å². The zero-order valence-electron chi connectivity index (χ0n) is 10.4. The first-order valence-corrected chi connectivity index (χ1v) is 7.36. The molecule has 0 radical (unpaired) electrons. The summed E-state index contributed by atoms with van der Waals surface area (Å²) in [5.74, 6) is 0. The zero-order valence-corrected chi connectivity index (χ0v) is 11.2. The largest absolute Gasteiger partial charge is 0.379 e. The Morgan fingerprint density at radius 1 is 1.29 bits per heavy atom. The molecule has 17 heavy (non-hydrogen) atoms. The summed E-state index contributed by atoms with van der Waals surface area (Å²) in [6, 6.07) is 4.30. The number of hydrogen-bond acceptors (Lipinski definition) is 4. The van der Waals surface area contributed by atoms with Gasteiger partial charge in [0.05, 0.1) is 13.2 Å². The maximum absolute atomic E-state index is 5.33. The molecular formula is C13H22N2OS. The maximum Gasteiger partial charge on any atom is 0.0594 e. The molecule has 3 nitrogen and oxygen atoms in total. The molecule has 1 aliphatic rings. The van der Waals surface area contributed by atoms with E-state index >= 15 is 0 Å². The lowest BCUT2D eigenvalue weighted by Crippen LogP contribution is -2.37. The first-order valence-electron chi connectivity index (χ1n) is 6.48. The van der Waals surface area contributed by atoms with Crippen molar-refractivity contribution in [1.82, 2.24) is 10.2 Å². The van der Waals surface area contributed by atoms with E-state index in [1.54, 1.807) is 0 Å². The van der Waals surface area contributed by atoms with Gasteiger partial charge in [0.2, 0.25) is 0 Å². The van der Waals surface area contributed by atoms with E-state index in [9.17, 15) is 0 Å². The zero-order chi connectivity index (χ0) is 11.8. The molecule has 0 aromatic carbocycles. The Morgan fingerprint density at radius 3 is 2.94 bits per heavy atom. The molecule has 1 aromatic rings. The fraction of sp³-hybridized carbons (Fsp3) is 0.692. The van der Waals surface area contributed by atoms with Crippen molar-refractivity contribution in [2.75, 3.05) is 39.4 Å². The Bertz CT molecular complexity index is 284. The van der Waals surface area contributed by atoms with Gasteiger partial charge in [0.25, 0.3) is 0 Å². The molecule has 1 fully saturated rings. The third-order valence-corrected chi connectivity index (χ3v) is 3.94. The Labute approximate surface area is 108 Å². The van der Waals surface area contributed by atoms with E-state index in [4.69, 9.17) is 4.74 Å². The summed E-state index contributed by atoms with van der Waals surface area (Å²) < 4.78 is 5.33. The minimum absolute atomic E-state index is 0.913. The lowest BCUT2D eigenvalue weighted by atomic mass is 10.2. The van der Waals surface area contributed by atoms with Crippen molar-refractivity contribution in [2.24, 2.45) is 0 Å². The van der Waals surface area contributed by atoms with Gasteiger partial charge in [-0.25, -0.2) is 0 Å². The second kappa shape index (κ2) is 7.82. The van der Waals surface area contributed by atoms with Crippen LogP contribution in [-0.4, -0.2) is 44.3 Å². The number of rotatable bonds is 7. The maximum atomic E-state index is 5.33. The molecule has 1 aromatic heterocycles. The number of nitrogens with one attached hydrogen (secondary N) is 1. The molecule has 0 amide bonds. The van der Waals surface area contributed by atoms with Gasteiger partial charge in [-0.2, -0.15) is 0 Å². The van der Waals surface area contributed by atoms with E-state index in [0.29, 0.717) is 0 Å². The molecule has 0 bridgehead atoms. The third-order valence-electron chi connectivity index (χ3n) is 3.06. The summed E-state index contributed by atoms with van der Waals surface area (Å²) in [5.41, 5.74) is 0. The summed E-state index contributed by atoms with van der Waals surface area (Å²) in [6.45, 7) is 7.43. The van der Waals surface area contributed by atoms with Gasteiger partial charge in [0, 0.05) is 24.5 Å². The third kappa shape index (κ3) is 5.17. The summed E-state index contributed by atoms with van der Waals surface area (Å²) in [4.78, 5) is 3.93. The molecule has 0 aliphatic carbocycles.